The lowest BCUT2D eigenvalue weighted by Crippen LogP contribution is -2.06. The molecule has 14 heavy (non-hydrogen) atoms. The van der Waals surface area contributed by atoms with E-state index >= 15 is 0 Å². The van der Waals surface area contributed by atoms with Gasteiger partial charge in [-0.25, -0.2) is 4.79 Å². The molecule has 2 nitrogen and oxygen atoms in total. The first kappa shape index (κ1) is 10.8. The monoisotopic (exact) mass is 192 g/mol. The van der Waals surface area contributed by atoms with Crippen molar-refractivity contribution in [2.45, 2.75) is 20.3 Å². The Morgan fingerprint density at radius 3 is 2.86 bits per heavy atom. The molecule has 2 heteroatoms. The number of carbonyl (C=O) groups is 1. The maximum atomic E-state index is 11.4. The first-order chi connectivity index (χ1) is 6.65. The van der Waals surface area contributed by atoms with Crippen molar-refractivity contribution in [2.24, 2.45) is 5.92 Å². The molecule has 0 aromatic carbocycles. The summed E-state index contributed by atoms with van der Waals surface area (Å²) in [5.74, 6) is 0.205. The second kappa shape index (κ2) is 4.80. The lowest BCUT2D eigenvalue weighted by atomic mass is 9.99. The Bertz CT molecular complexity index is 308. The predicted octanol–water partition coefficient (Wildman–Crippen LogP) is 2.63. The van der Waals surface area contributed by atoms with Crippen LogP contribution in [0, 0.1) is 5.92 Å². The van der Waals surface area contributed by atoms with Crippen LogP contribution in [0.4, 0.5) is 0 Å². The minimum absolute atomic E-state index is 0.266. The zero-order valence-corrected chi connectivity index (χ0v) is 8.91. The highest BCUT2D eigenvalue weighted by Crippen LogP contribution is 2.16. The Morgan fingerprint density at radius 2 is 2.21 bits per heavy atom. The summed E-state index contributed by atoms with van der Waals surface area (Å²) in [6.07, 6.45) is 8.98. The number of carbonyl (C=O) groups excluding carboxylic acids is 1. The van der Waals surface area contributed by atoms with Gasteiger partial charge >= 0.3 is 5.97 Å². The maximum absolute atomic E-state index is 11.4. The first-order valence-corrected chi connectivity index (χ1v) is 4.79. The lowest BCUT2D eigenvalue weighted by molar-refractivity contribution is -0.135. The van der Waals surface area contributed by atoms with Gasteiger partial charge in [-0.05, 0) is 24.8 Å². The van der Waals surface area contributed by atoms with Crippen molar-refractivity contribution >= 4 is 5.97 Å². The van der Waals surface area contributed by atoms with Crippen molar-refractivity contribution in [1.82, 2.24) is 0 Å². The zero-order valence-electron chi connectivity index (χ0n) is 8.91. The fraction of sp³-hybridized carbons (Fsp3) is 0.417. The van der Waals surface area contributed by atoms with Crippen molar-refractivity contribution in [3.8, 4) is 0 Å². The molecule has 0 bridgehead atoms. The van der Waals surface area contributed by atoms with E-state index in [2.05, 4.69) is 13.0 Å². The Labute approximate surface area is 85.0 Å². The van der Waals surface area contributed by atoms with E-state index in [4.69, 9.17) is 4.74 Å². The zero-order chi connectivity index (χ0) is 10.6. The average molecular weight is 192 g/mol. The average Bonchev–Trinajstić information content (AvgIpc) is 2.15. The van der Waals surface area contributed by atoms with Crippen LogP contribution in [0.2, 0.25) is 0 Å². The summed E-state index contributed by atoms with van der Waals surface area (Å²) in [7, 11) is 1.41. The predicted molar refractivity (Wildman–Crippen MR) is 56.8 cm³/mol. The highest BCUT2D eigenvalue weighted by atomic mass is 16.5. The molecule has 1 aliphatic rings. The molecule has 0 saturated heterocycles. The van der Waals surface area contributed by atoms with E-state index in [1.165, 1.54) is 7.11 Å². The summed E-state index contributed by atoms with van der Waals surface area (Å²) in [6, 6.07) is 0. The molecule has 1 unspecified atom stereocenters. The molecule has 1 rings (SSSR count). The number of ether oxygens (including phenoxy) is 1. The van der Waals surface area contributed by atoms with Crippen LogP contribution in [-0.4, -0.2) is 13.1 Å². The molecule has 0 spiro atoms. The standard InChI is InChI=1S/C12H16O2/c1-9-5-4-6-10(2)11(8-7-9)12(13)14-3/h4,6-9H,5H2,1-3H3. The van der Waals surface area contributed by atoms with Gasteiger partial charge in [0.1, 0.15) is 0 Å². The summed E-state index contributed by atoms with van der Waals surface area (Å²) >= 11 is 0. The number of methoxy groups -OCH3 is 1. The van der Waals surface area contributed by atoms with Gasteiger partial charge < -0.3 is 4.74 Å². The van der Waals surface area contributed by atoms with Crippen LogP contribution < -0.4 is 0 Å². The molecule has 0 fully saturated rings. The summed E-state index contributed by atoms with van der Waals surface area (Å²) in [4.78, 5) is 11.4. The number of rotatable bonds is 1. The minimum atomic E-state index is -0.266. The van der Waals surface area contributed by atoms with Gasteiger partial charge in [0.25, 0.3) is 0 Å². The van der Waals surface area contributed by atoms with Gasteiger partial charge in [0.05, 0.1) is 12.7 Å². The molecule has 0 radical (unpaired) electrons. The van der Waals surface area contributed by atoms with Crippen LogP contribution >= 0.6 is 0 Å². The Morgan fingerprint density at radius 1 is 1.50 bits per heavy atom. The Balaban J connectivity index is 3.02. The van der Waals surface area contributed by atoms with E-state index in [1.807, 2.05) is 25.2 Å². The summed E-state index contributed by atoms with van der Waals surface area (Å²) in [6.45, 7) is 4.04. The quantitative estimate of drug-likeness (QED) is 0.597. The maximum Gasteiger partial charge on any atom is 0.338 e. The molecular formula is C12H16O2. The van der Waals surface area contributed by atoms with Gasteiger partial charge in [-0.2, -0.15) is 0 Å². The largest absolute Gasteiger partial charge is 0.465 e. The fourth-order valence-corrected chi connectivity index (χ4v) is 1.36. The highest BCUT2D eigenvalue weighted by molar-refractivity contribution is 5.92. The summed E-state index contributed by atoms with van der Waals surface area (Å²) in [5, 5.41) is 0. The van der Waals surface area contributed by atoms with Crippen LogP contribution in [0.25, 0.3) is 0 Å². The van der Waals surface area contributed by atoms with Crippen LogP contribution in [0.1, 0.15) is 20.3 Å². The van der Waals surface area contributed by atoms with Gasteiger partial charge in [-0.15, -0.1) is 0 Å². The number of hydrogen-bond donors (Lipinski definition) is 0. The normalized spacial score (nSPS) is 21.8. The van der Waals surface area contributed by atoms with Crippen molar-refractivity contribution in [1.29, 1.82) is 0 Å². The number of esters is 1. The SMILES string of the molecule is COC(=O)C1=C(C)C=CCC(C)C=C1. The van der Waals surface area contributed by atoms with Gasteiger partial charge in [-0.1, -0.05) is 31.2 Å². The number of hydrogen-bond acceptors (Lipinski definition) is 2. The Kier molecular flexibility index (Phi) is 3.69. The van der Waals surface area contributed by atoms with Crippen molar-refractivity contribution < 1.29 is 9.53 Å². The molecule has 0 heterocycles. The van der Waals surface area contributed by atoms with Gasteiger partial charge in [-0.3, -0.25) is 0 Å². The van der Waals surface area contributed by atoms with Crippen LogP contribution in [0.5, 0.6) is 0 Å². The summed E-state index contributed by atoms with van der Waals surface area (Å²) in [5.41, 5.74) is 1.61. The number of allylic oxidation sites excluding steroid dienone is 4. The molecule has 1 aliphatic carbocycles. The molecule has 76 valence electrons. The first-order valence-electron chi connectivity index (χ1n) is 4.79. The highest BCUT2D eigenvalue weighted by Gasteiger charge is 2.10. The van der Waals surface area contributed by atoms with Gasteiger partial charge in [0, 0.05) is 0 Å². The second-order valence-electron chi connectivity index (χ2n) is 3.56. The molecule has 0 saturated carbocycles. The molecule has 0 aromatic heterocycles. The molecule has 0 aromatic rings. The van der Waals surface area contributed by atoms with Crippen molar-refractivity contribution in [3.05, 3.63) is 35.5 Å². The van der Waals surface area contributed by atoms with E-state index in [0.717, 1.165) is 12.0 Å². The smallest absolute Gasteiger partial charge is 0.338 e. The molecule has 1 atom stereocenters. The second-order valence-corrected chi connectivity index (χ2v) is 3.56. The topological polar surface area (TPSA) is 26.3 Å². The van der Waals surface area contributed by atoms with E-state index in [-0.39, 0.29) is 5.97 Å². The third-order valence-corrected chi connectivity index (χ3v) is 2.30. The lowest BCUT2D eigenvalue weighted by Gasteiger charge is -2.08. The van der Waals surface area contributed by atoms with Gasteiger partial charge in [0.2, 0.25) is 0 Å². The summed E-state index contributed by atoms with van der Waals surface area (Å²) < 4.78 is 4.71. The van der Waals surface area contributed by atoms with E-state index in [9.17, 15) is 4.79 Å². The van der Waals surface area contributed by atoms with E-state index in [0.29, 0.717) is 11.5 Å². The van der Waals surface area contributed by atoms with Crippen molar-refractivity contribution in [3.63, 3.8) is 0 Å². The van der Waals surface area contributed by atoms with E-state index < -0.39 is 0 Å². The Hall–Kier alpha value is -1.31. The van der Waals surface area contributed by atoms with E-state index in [1.54, 1.807) is 0 Å². The molecule has 0 amide bonds. The fourth-order valence-electron chi connectivity index (χ4n) is 1.36. The molecule has 0 aliphatic heterocycles. The molecular weight excluding hydrogens is 176 g/mol. The van der Waals surface area contributed by atoms with Crippen molar-refractivity contribution in [2.75, 3.05) is 7.11 Å². The minimum Gasteiger partial charge on any atom is -0.465 e. The van der Waals surface area contributed by atoms with Gasteiger partial charge in [0.15, 0.2) is 0 Å². The van der Waals surface area contributed by atoms with Crippen LogP contribution in [0.3, 0.4) is 0 Å². The third-order valence-electron chi connectivity index (χ3n) is 2.30. The third kappa shape index (κ3) is 2.59. The van der Waals surface area contributed by atoms with Crippen LogP contribution in [-0.2, 0) is 9.53 Å². The van der Waals surface area contributed by atoms with Crippen LogP contribution in [0.15, 0.2) is 35.5 Å². The molecule has 0 N–H and O–H groups in total.